The van der Waals surface area contributed by atoms with E-state index in [-0.39, 0.29) is 15.9 Å². The number of anilines is 1. The number of rotatable bonds is 12. The third-order valence-corrected chi connectivity index (χ3v) is 11.2. The second-order valence-electron chi connectivity index (χ2n) is 11.6. The van der Waals surface area contributed by atoms with E-state index >= 15 is 0 Å². The Morgan fingerprint density at radius 1 is 1.00 bits per heavy atom. The third-order valence-electron chi connectivity index (χ3n) is 8.68. The third kappa shape index (κ3) is 7.24. The first-order chi connectivity index (χ1) is 20.4. The summed E-state index contributed by atoms with van der Waals surface area (Å²) in [5, 5.41) is 11.1. The summed E-state index contributed by atoms with van der Waals surface area (Å²) in [7, 11) is -3.83. The number of aliphatic hydroxyl groups is 1. The van der Waals surface area contributed by atoms with Crippen LogP contribution in [0.2, 0.25) is 0 Å². The standard InChI is InChI=1S/C33H45N3O4S2/c1-3-4-5-6-7-21-40-27-10-13-29(14-11-27)42(38,39)32-23-34-31-15-12-28(41-2)22-30(31)33(32)35-19-16-25(17-20-35)36-18-8-9-26(37)24-36/h10-15,22-23,25-26,37H,3-9,16-21,24H2,1-2H3. The van der Waals surface area contributed by atoms with Crippen LogP contribution in [0.1, 0.15) is 64.7 Å². The molecule has 1 unspecified atom stereocenters. The number of fused-ring (bicyclic) bond motifs is 1. The van der Waals surface area contributed by atoms with E-state index in [0.717, 1.165) is 86.2 Å². The van der Waals surface area contributed by atoms with Crippen LogP contribution in [0.4, 0.5) is 5.69 Å². The summed E-state index contributed by atoms with van der Waals surface area (Å²) in [6.45, 7) is 6.11. The van der Waals surface area contributed by atoms with E-state index in [9.17, 15) is 13.5 Å². The van der Waals surface area contributed by atoms with Crippen LogP contribution in [0.3, 0.4) is 0 Å². The lowest BCUT2D eigenvalue weighted by atomic mass is 9.98. The first-order valence-corrected chi connectivity index (χ1v) is 18.2. The minimum atomic E-state index is -3.83. The fourth-order valence-corrected chi connectivity index (χ4v) is 8.17. The minimum Gasteiger partial charge on any atom is -0.494 e. The number of thioether (sulfide) groups is 1. The molecule has 0 amide bonds. The molecular weight excluding hydrogens is 567 g/mol. The Balaban J connectivity index is 1.39. The van der Waals surface area contributed by atoms with Gasteiger partial charge in [0.05, 0.1) is 28.8 Å². The summed E-state index contributed by atoms with van der Waals surface area (Å²) in [6, 6.07) is 13.3. The molecule has 2 aliphatic heterocycles. The van der Waals surface area contributed by atoms with Crippen LogP contribution in [0.25, 0.3) is 10.9 Å². The van der Waals surface area contributed by atoms with Gasteiger partial charge in [-0.2, -0.15) is 0 Å². The fourth-order valence-electron chi connectivity index (χ4n) is 6.30. The number of hydrogen-bond donors (Lipinski definition) is 1. The number of sulfone groups is 1. The molecular formula is C33H45N3O4S2. The quantitative estimate of drug-likeness (QED) is 0.182. The Bertz CT molecular complexity index is 1420. The molecule has 0 spiro atoms. The molecule has 1 N–H and O–H groups in total. The van der Waals surface area contributed by atoms with E-state index in [1.165, 1.54) is 19.3 Å². The summed E-state index contributed by atoms with van der Waals surface area (Å²) in [5.74, 6) is 0.691. The number of benzene rings is 2. The van der Waals surface area contributed by atoms with Crippen LogP contribution in [-0.2, 0) is 9.84 Å². The second-order valence-corrected chi connectivity index (χ2v) is 14.4. The Morgan fingerprint density at radius 3 is 2.48 bits per heavy atom. The van der Waals surface area contributed by atoms with Crippen LogP contribution < -0.4 is 9.64 Å². The normalized spacial score (nSPS) is 18.9. The molecule has 1 aromatic heterocycles. The summed E-state index contributed by atoms with van der Waals surface area (Å²) in [5.41, 5.74) is 1.55. The molecule has 7 nitrogen and oxygen atoms in total. The summed E-state index contributed by atoms with van der Waals surface area (Å²) in [6.07, 6.45) is 12.9. The van der Waals surface area contributed by atoms with Gasteiger partial charge in [0.15, 0.2) is 0 Å². The number of aromatic nitrogens is 1. The molecule has 0 saturated carbocycles. The highest BCUT2D eigenvalue weighted by molar-refractivity contribution is 7.98. The highest BCUT2D eigenvalue weighted by Crippen LogP contribution is 2.39. The molecule has 9 heteroatoms. The molecule has 42 heavy (non-hydrogen) atoms. The van der Waals surface area contributed by atoms with Crippen LogP contribution in [0.15, 0.2) is 63.3 Å². The minimum absolute atomic E-state index is 0.245. The fraction of sp³-hybridized carbons (Fsp3) is 0.545. The molecule has 2 fully saturated rings. The van der Waals surface area contributed by atoms with E-state index in [2.05, 4.69) is 27.8 Å². The maximum atomic E-state index is 14.2. The maximum absolute atomic E-state index is 14.2. The maximum Gasteiger partial charge on any atom is 0.210 e. The number of likely N-dealkylation sites (tertiary alicyclic amines) is 1. The van der Waals surface area contributed by atoms with E-state index in [0.29, 0.717) is 18.4 Å². The van der Waals surface area contributed by atoms with E-state index in [1.807, 2.05) is 18.4 Å². The van der Waals surface area contributed by atoms with Crippen LogP contribution in [-0.4, -0.2) is 74.6 Å². The molecule has 0 radical (unpaired) electrons. The smallest absolute Gasteiger partial charge is 0.210 e. The first kappa shape index (κ1) is 31.1. The van der Waals surface area contributed by atoms with Gasteiger partial charge in [0, 0.05) is 42.2 Å². The van der Waals surface area contributed by atoms with Gasteiger partial charge in [-0.3, -0.25) is 9.88 Å². The van der Waals surface area contributed by atoms with E-state index < -0.39 is 9.84 Å². The summed E-state index contributed by atoms with van der Waals surface area (Å²) in [4.78, 5) is 10.9. The van der Waals surface area contributed by atoms with Crippen molar-refractivity contribution in [1.82, 2.24) is 9.88 Å². The number of ether oxygens (including phenoxy) is 1. The molecule has 0 aliphatic carbocycles. The number of unbranched alkanes of at least 4 members (excludes halogenated alkanes) is 4. The number of β-amino-alcohol motifs (C(OH)–C–C–N with tert-alkyl or cyclic N) is 1. The van der Waals surface area contributed by atoms with Crippen LogP contribution >= 0.6 is 11.8 Å². The highest BCUT2D eigenvalue weighted by atomic mass is 32.2. The van der Waals surface area contributed by atoms with E-state index in [1.54, 1.807) is 42.2 Å². The number of aliphatic hydroxyl groups excluding tert-OH is 1. The number of pyridine rings is 1. The van der Waals surface area contributed by atoms with Gasteiger partial charge in [-0.15, -0.1) is 11.8 Å². The Labute approximate surface area is 255 Å². The Morgan fingerprint density at radius 2 is 1.76 bits per heavy atom. The number of hydrogen-bond acceptors (Lipinski definition) is 8. The number of piperidine rings is 2. The summed E-state index contributed by atoms with van der Waals surface area (Å²) >= 11 is 1.64. The SMILES string of the molecule is CCCCCCCOc1ccc(S(=O)(=O)c2cnc3ccc(SC)cc3c2N2CCC(N3CCCC(O)C3)CC2)cc1. The van der Waals surface area contributed by atoms with Gasteiger partial charge in [-0.25, -0.2) is 8.42 Å². The largest absolute Gasteiger partial charge is 0.494 e. The van der Waals surface area contributed by atoms with Crippen molar-refractivity contribution in [1.29, 1.82) is 0 Å². The van der Waals surface area contributed by atoms with Gasteiger partial charge in [0.25, 0.3) is 0 Å². The molecule has 2 aromatic carbocycles. The topological polar surface area (TPSA) is 83.0 Å². The van der Waals surface area contributed by atoms with Crippen molar-refractivity contribution in [2.45, 2.75) is 91.5 Å². The summed E-state index contributed by atoms with van der Waals surface area (Å²) < 4.78 is 34.2. The van der Waals surface area contributed by atoms with Gasteiger partial charge in [0.2, 0.25) is 9.84 Å². The molecule has 3 heterocycles. The van der Waals surface area contributed by atoms with Crippen molar-refractivity contribution in [3.63, 3.8) is 0 Å². The first-order valence-electron chi connectivity index (χ1n) is 15.5. The molecule has 3 aromatic rings. The highest BCUT2D eigenvalue weighted by Gasteiger charge is 2.32. The zero-order valence-electron chi connectivity index (χ0n) is 25.0. The van der Waals surface area contributed by atoms with Gasteiger partial charge >= 0.3 is 0 Å². The van der Waals surface area contributed by atoms with Crippen molar-refractivity contribution in [3.8, 4) is 5.75 Å². The van der Waals surface area contributed by atoms with Crippen molar-refractivity contribution >= 4 is 38.2 Å². The molecule has 228 valence electrons. The van der Waals surface area contributed by atoms with Gasteiger partial charge < -0.3 is 14.7 Å². The monoisotopic (exact) mass is 611 g/mol. The molecule has 5 rings (SSSR count). The second kappa shape index (κ2) is 14.4. The molecule has 0 bridgehead atoms. The molecule has 2 aliphatic rings. The van der Waals surface area contributed by atoms with Gasteiger partial charge in [-0.1, -0.05) is 32.6 Å². The van der Waals surface area contributed by atoms with Crippen LogP contribution in [0.5, 0.6) is 5.75 Å². The van der Waals surface area contributed by atoms with Crippen molar-refractivity contribution in [2.24, 2.45) is 0 Å². The van der Waals surface area contributed by atoms with Crippen molar-refractivity contribution in [2.75, 3.05) is 43.9 Å². The average Bonchev–Trinajstić information content (AvgIpc) is 3.02. The van der Waals surface area contributed by atoms with Crippen molar-refractivity contribution < 1.29 is 18.3 Å². The zero-order chi connectivity index (χ0) is 29.5. The predicted molar refractivity (Wildman–Crippen MR) is 172 cm³/mol. The average molecular weight is 612 g/mol. The number of nitrogens with zero attached hydrogens (tertiary/aromatic N) is 3. The zero-order valence-corrected chi connectivity index (χ0v) is 26.6. The lowest BCUT2D eigenvalue weighted by molar-refractivity contribution is 0.0398. The molecule has 1 atom stereocenters. The lowest BCUT2D eigenvalue weighted by Crippen LogP contribution is -2.49. The Kier molecular flexibility index (Phi) is 10.7. The van der Waals surface area contributed by atoms with E-state index in [4.69, 9.17) is 4.74 Å². The predicted octanol–water partition coefficient (Wildman–Crippen LogP) is 6.56. The lowest BCUT2D eigenvalue weighted by Gasteiger charge is -2.42. The van der Waals surface area contributed by atoms with Crippen molar-refractivity contribution in [3.05, 3.63) is 48.7 Å². The molecule has 2 saturated heterocycles. The van der Waals surface area contributed by atoms with Crippen LogP contribution in [0, 0.1) is 0 Å². The Hall–Kier alpha value is -2.33. The van der Waals surface area contributed by atoms with Gasteiger partial charge in [-0.05, 0) is 87.4 Å². The van der Waals surface area contributed by atoms with Gasteiger partial charge in [0.1, 0.15) is 10.6 Å².